The maximum Gasteiger partial charge on any atom is 0.416 e. The Bertz CT molecular complexity index is 2230. The van der Waals surface area contributed by atoms with Crippen molar-refractivity contribution in [2.24, 2.45) is 0 Å². The zero-order valence-electron chi connectivity index (χ0n) is 29.0. The van der Waals surface area contributed by atoms with Crippen LogP contribution >= 0.6 is 0 Å². The number of nitrogens with zero attached hydrogens (tertiary/aromatic N) is 2. The quantitative estimate of drug-likeness (QED) is 0.197. The van der Waals surface area contributed by atoms with Gasteiger partial charge in [-0.1, -0.05) is 6.07 Å². The SMILES string of the molecule is Cc1cc2cc(c1F)[C@@H](CC(=O)O)NC(=O)[C@H](n1cc(CCN3CC(F)C3)c(C(F)(F)F)cc1=O)c1cc(ccc1F)COc1cc(C(F)(F)F)cc(C)c1-2. The summed E-state index contributed by atoms with van der Waals surface area (Å²) in [5.41, 5.74) is -5.21. The number of rotatable bonds is 6. The molecule has 0 aliphatic carbocycles. The molecule has 2 N–H and O–H groups in total. The van der Waals surface area contributed by atoms with Crippen molar-refractivity contribution in [1.82, 2.24) is 14.8 Å². The number of hydrogen-bond acceptors (Lipinski definition) is 5. The summed E-state index contributed by atoms with van der Waals surface area (Å²) >= 11 is 0. The van der Waals surface area contributed by atoms with Crippen LogP contribution in [0.5, 0.6) is 5.75 Å². The van der Waals surface area contributed by atoms with Crippen LogP contribution in [-0.2, 0) is 35.0 Å². The van der Waals surface area contributed by atoms with E-state index in [0.29, 0.717) is 10.6 Å². The lowest BCUT2D eigenvalue weighted by Gasteiger charge is -2.34. The van der Waals surface area contributed by atoms with Gasteiger partial charge in [0, 0.05) is 48.6 Å². The summed E-state index contributed by atoms with van der Waals surface area (Å²) in [6.45, 7) is 1.99. The van der Waals surface area contributed by atoms with Crippen LogP contribution in [0.4, 0.5) is 39.5 Å². The van der Waals surface area contributed by atoms with Gasteiger partial charge in [-0.25, -0.2) is 13.2 Å². The van der Waals surface area contributed by atoms with Gasteiger partial charge in [0.25, 0.3) is 5.56 Å². The van der Waals surface area contributed by atoms with Gasteiger partial charge in [0.15, 0.2) is 0 Å². The maximum atomic E-state index is 16.0. The van der Waals surface area contributed by atoms with Crippen LogP contribution < -0.4 is 15.6 Å². The molecule has 17 heteroatoms. The second-order valence-corrected chi connectivity index (χ2v) is 13.6. The van der Waals surface area contributed by atoms with Gasteiger partial charge in [-0.15, -0.1) is 0 Å². The molecule has 1 fully saturated rings. The topological polar surface area (TPSA) is 101 Å². The molecule has 0 radical (unpaired) electrons. The summed E-state index contributed by atoms with van der Waals surface area (Å²) in [5.74, 6) is -5.33. The molecule has 4 aromatic rings. The highest BCUT2D eigenvalue weighted by Gasteiger charge is 2.38. The van der Waals surface area contributed by atoms with Crippen molar-refractivity contribution in [1.29, 1.82) is 0 Å². The molecule has 8 nitrogen and oxygen atoms in total. The standard InChI is InChI=1S/C38H32F9N3O5/c1-18-8-23(37(42,43)44)11-30-33(18)22-7-19(2)34(41)26(10-22)29(13-32(52)53)48-36(54)35(25-9-20(17-55-30)3-4-28(25)40)50-14-21(5-6-49-15-24(39)16-49)27(12-31(50)51)38(45,46)47/h3-4,7-12,14,24,29,35H,5-6,13,15-17H2,1-2H3,(H,48,54)(H,52,53)/t29-,35-/m1/s1. The fourth-order valence-electron chi connectivity index (χ4n) is 6.96. The third-order valence-corrected chi connectivity index (χ3v) is 9.62. The van der Waals surface area contributed by atoms with Gasteiger partial charge in [-0.05, 0) is 84.5 Å². The van der Waals surface area contributed by atoms with E-state index in [4.69, 9.17) is 4.74 Å². The van der Waals surface area contributed by atoms with Crippen LogP contribution in [0.1, 0.15) is 63.0 Å². The van der Waals surface area contributed by atoms with Gasteiger partial charge in [0.2, 0.25) is 5.91 Å². The van der Waals surface area contributed by atoms with Gasteiger partial charge >= 0.3 is 18.3 Å². The van der Waals surface area contributed by atoms with E-state index in [-0.39, 0.29) is 65.7 Å². The zero-order chi connectivity index (χ0) is 40.1. The fraction of sp³-hybridized carbons (Fsp3) is 0.342. The first-order valence-electron chi connectivity index (χ1n) is 16.9. The third kappa shape index (κ3) is 8.21. The smallest absolute Gasteiger partial charge is 0.416 e. The Morgan fingerprint density at radius 1 is 0.927 bits per heavy atom. The number of carboxylic acids is 1. The molecule has 2 aliphatic heterocycles. The van der Waals surface area contributed by atoms with Crippen molar-refractivity contribution < 1.29 is 58.9 Å². The number of aryl methyl sites for hydroxylation is 2. The number of hydrogen-bond donors (Lipinski definition) is 2. The molecule has 1 aromatic heterocycles. The van der Waals surface area contributed by atoms with Crippen molar-refractivity contribution >= 4 is 11.9 Å². The first-order chi connectivity index (χ1) is 25.7. The van der Waals surface area contributed by atoms with E-state index in [1.54, 1.807) is 0 Å². The summed E-state index contributed by atoms with van der Waals surface area (Å²) in [4.78, 5) is 41.5. The highest BCUT2D eigenvalue weighted by Crippen LogP contribution is 2.42. The first-order valence-corrected chi connectivity index (χ1v) is 16.9. The number of halogens is 9. The molecule has 1 saturated heterocycles. The van der Waals surface area contributed by atoms with Gasteiger partial charge < -0.3 is 15.2 Å². The second-order valence-electron chi connectivity index (χ2n) is 13.6. The Balaban J connectivity index is 1.58. The average molecular weight is 782 g/mol. The monoisotopic (exact) mass is 781 g/mol. The lowest BCUT2D eigenvalue weighted by Crippen LogP contribution is -2.49. The number of benzene rings is 3. The molecule has 0 spiro atoms. The van der Waals surface area contributed by atoms with E-state index in [1.807, 2.05) is 0 Å². The molecule has 0 saturated carbocycles. The van der Waals surface area contributed by atoms with Crippen LogP contribution in [-0.4, -0.2) is 52.3 Å². The maximum absolute atomic E-state index is 16.0. The van der Waals surface area contributed by atoms with Crippen molar-refractivity contribution in [2.45, 2.75) is 63.9 Å². The van der Waals surface area contributed by atoms with Gasteiger partial charge in [0.05, 0.1) is 23.6 Å². The summed E-state index contributed by atoms with van der Waals surface area (Å²) < 4.78 is 136. The van der Waals surface area contributed by atoms with E-state index in [0.717, 1.165) is 30.5 Å². The number of carboxylic acid groups (broad SMARTS) is 1. The van der Waals surface area contributed by atoms with Crippen molar-refractivity contribution in [3.8, 4) is 16.9 Å². The van der Waals surface area contributed by atoms with Gasteiger partial charge in [-0.3, -0.25) is 23.9 Å². The van der Waals surface area contributed by atoms with E-state index in [1.165, 1.54) is 30.9 Å². The number of amides is 1. The Kier molecular flexibility index (Phi) is 10.5. The summed E-state index contributed by atoms with van der Waals surface area (Å²) in [6, 6.07) is 3.38. The highest BCUT2D eigenvalue weighted by atomic mass is 19.4. The minimum atomic E-state index is -5.05. The predicted octanol–water partition coefficient (Wildman–Crippen LogP) is 7.46. The number of carbonyl (C=O) groups is 2. The molecule has 55 heavy (non-hydrogen) atoms. The molecule has 4 bridgehead atoms. The summed E-state index contributed by atoms with van der Waals surface area (Å²) in [5, 5.41) is 12.2. The third-order valence-electron chi connectivity index (χ3n) is 9.62. The van der Waals surface area contributed by atoms with E-state index in [2.05, 4.69) is 5.32 Å². The minimum absolute atomic E-state index is 0.0319. The van der Waals surface area contributed by atoms with Crippen LogP contribution in [0, 0.1) is 25.5 Å². The largest absolute Gasteiger partial charge is 0.488 e. The first kappa shape index (κ1) is 39.4. The molecule has 1 amide bonds. The number of aromatic nitrogens is 1. The Hall–Kier alpha value is -5.32. The fourth-order valence-corrected chi connectivity index (χ4v) is 6.96. The molecule has 2 atom stereocenters. The number of ether oxygens (including phenoxy) is 1. The summed E-state index contributed by atoms with van der Waals surface area (Å²) in [7, 11) is 0. The van der Waals surface area contributed by atoms with Crippen LogP contribution in [0.15, 0.2) is 59.5 Å². The lowest BCUT2D eigenvalue weighted by molar-refractivity contribution is -0.139. The number of aliphatic carboxylic acids is 1. The van der Waals surface area contributed by atoms with Crippen LogP contribution in [0.3, 0.4) is 0 Å². The molecule has 292 valence electrons. The number of pyridine rings is 1. The molecule has 2 aliphatic rings. The van der Waals surface area contributed by atoms with E-state index in [9.17, 15) is 50.2 Å². The summed E-state index contributed by atoms with van der Waals surface area (Å²) in [6.07, 6.45) is -11.7. The number of nitrogens with one attached hydrogen (secondary N) is 1. The van der Waals surface area contributed by atoms with Crippen LogP contribution in [0.25, 0.3) is 11.1 Å². The molecular weight excluding hydrogens is 749 g/mol. The molecular formula is C38H32F9N3O5. The number of carbonyl (C=O) groups excluding carboxylic acids is 1. The number of fused-ring (bicyclic) bond motifs is 6. The van der Waals surface area contributed by atoms with E-state index >= 15 is 8.78 Å². The number of likely N-dealkylation sites (tertiary alicyclic amines) is 1. The van der Waals surface area contributed by atoms with E-state index < -0.39 is 101 Å². The normalized spacial score (nSPS) is 18.1. The van der Waals surface area contributed by atoms with Crippen molar-refractivity contribution in [3.63, 3.8) is 0 Å². The Morgan fingerprint density at radius 2 is 1.64 bits per heavy atom. The molecule has 3 heterocycles. The Morgan fingerprint density at radius 3 is 2.27 bits per heavy atom. The van der Waals surface area contributed by atoms with Gasteiger partial charge in [0.1, 0.15) is 36.2 Å². The number of alkyl halides is 7. The predicted molar refractivity (Wildman–Crippen MR) is 179 cm³/mol. The molecule has 6 rings (SSSR count). The average Bonchev–Trinajstić information content (AvgIpc) is 3.06. The minimum Gasteiger partial charge on any atom is -0.488 e. The molecule has 3 aromatic carbocycles. The highest BCUT2D eigenvalue weighted by molar-refractivity contribution is 5.85. The second kappa shape index (κ2) is 14.7. The Labute approximate surface area is 307 Å². The lowest BCUT2D eigenvalue weighted by atomic mass is 9.91. The van der Waals surface area contributed by atoms with Crippen molar-refractivity contribution in [3.05, 3.63) is 121 Å². The van der Waals surface area contributed by atoms with Crippen LogP contribution in [0.2, 0.25) is 0 Å². The molecule has 0 unspecified atom stereocenters. The zero-order valence-corrected chi connectivity index (χ0v) is 29.0. The van der Waals surface area contributed by atoms with Crippen molar-refractivity contribution in [2.75, 3.05) is 19.6 Å². The van der Waals surface area contributed by atoms with Gasteiger partial charge in [-0.2, -0.15) is 26.3 Å².